The molecule has 1 aromatic carbocycles. The number of rotatable bonds is 3. The van der Waals surface area contributed by atoms with Gasteiger partial charge < -0.3 is 4.74 Å². The highest BCUT2D eigenvalue weighted by Gasteiger charge is 2.13. The van der Waals surface area contributed by atoms with Gasteiger partial charge >= 0.3 is 0 Å². The summed E-state index contributed by atoms with van der Waals surface area (Å²) in [5, 5.41) is 0. The van der Waals surface area contributed by atoms with Gasteiger partial charge in [-0.3, -0.25) is 0 Å². The lowest BCUT2D eigenvalue weighted by Crippen LogP contribution is -1.94. The quantitative estimate of drug-likeness (QED) is 0.845. The molecule has 0 saturated heterocycles. The molecule has 0 amide bonds. The average Bonchev–Trinajstić information content (AvgIpc) is 2.60. The van der Waals surface area contributed by atoms with Crippen LogP contribution in [0, 0.1) is 0 Å². The van der Waals surface area contributed by atoms with E-state index in [1.54, 1.807) is 12.1 Å². The molecule has 86 valence electrons. The van der Waals surface area contributed by atoms with Crippen LogP contribution in [-0.2, 0) is 9.84 Å². The monoisotopic (exact) mass is 257 g/mol. The van der Waals surface area contributed by atoms with Crippen LogP contribution in [0.2, 0.25) is 0 Å². The molecule has 0 spiro atoms. The van der Waals surface area contributed by atoms with Crippen molar-refractivity contribution < 1.29 is 13.2 Å². The zero-order valence-corrected chi connectivity index (χ0v) is 10.6. The van der Waals surface area contributed by atoms with Crippen LogP contribution in [0.1, 0.15) is 6.92 Å². The summed E-state index contributed by atoms with van der Waals surface area (Å²) in [6, 6.07) is 5.37. The predicted octanol–water partition coefficient (Wildman–Crippen LogP) is 2.10. The third kappa shape index (κ3) is 2.17. The van der Waals surface area contributed by atoms with Gasteiger partial charge in [-0.15, -0.1) is 11.3 Å². The Bertz CT molecular complexity index is 616. The first-order valence-electron chi connectivity index (χ1n) is 4.74. The van der Waals surface area contributed by atoms with Gasteiger partial charge in [-0.2, -0.15) is 0 Å². The Morgan fingerprint density at radius 1 is 1.44 bits per heavy atom. The third-order valence-corrected chi connectivity index (χ3v) is 4.67. The first-order valence-corrected chi connectivity index (χ1v) is 7.45. The van der Waals surface area contributed by atoms with Gasteiger partial charge in [0.15, 0.2) is 0 Å². The molecule has 0 atom stereocenters. The van der Waals surface area contributed by atoms with E-state index in [2.05, 4.69) is 4.98 Å². The molecule has 0 radical (unpaired) electrons. The second-order valence-corrected chi connectivity index (χ2v) is 6.53. The molecule has 1 heterocycles. The lowest BCUT2D eigenvalue weighted by molar-refractivity contribution is 0.341. The Kier molecular flexibility index (Phi) is 2.86. The maximum atomic E-state index is 11.3. The van der Waals surface area contributed by atoms with Crippen LogP contribution < -0.4 is 4.74 Å². The summed E-state index contributed by atoms with van der Waals surface area (Å²) < 4.78 is 29.0. The van der Waals surface area contributed by atoms with Crippen LogP contribution >= 0.6 is 11.3 Å². The van der Waals surface area contributed by atoms with E-state index in [0.717, 1.165) is 16.7 Å². The van der Waals surface area contributed by atoms with Crippen molar-refractivity contribution in [3.05, 3.63) is 18.2 Å². The van der Waals surface area contributed by atoms with Crippen LogP contribution in [-0.4, -0.2) is 26.3 Å². The van der Waals surface area contributed by atoms with Crippen molar-refractivity contribution >= 4 is 31.4 Å². The molecule has 0 bridgehead atoms. The van der Waals surface area contributed by atoms with Crippen molar-refractivity contribution in [2.45, 2.75) is 11.3 Å². The molecule has 0 aliphatic carbocycles. The first kappa shape index (κ1) is 11.3. The van der Waals surface area contributed by atoms with Gasteiger partial charge in [-0.25, -0.2) is 13.4 Å². The summed E-state index contributed by atoms with van der Waals surface area (Å²) in [4.78, 5) is 4.06. The fourth-order valence-corrected chi connectivity index (χ4v) is 3.16. The summed E-state index contributed by atoms with van der Waals surface area (Å²) in [6.07, 6.45) is 1.16. The number of hydrogen-bond acceptors (Lipinski definition) is 5. The Morgan fingerprint density at radius 2 is 2.19 bits per heavy atom. The molecule has 0 fully saturated rings. The number of fused-ring (bicyclic) bond motifs is 1. The number of benzene rings is 1. The standard InChI is InChI=1S/C10H11NO3S2/c1-3-14-7-4-5-8-9(6-7)15-10(11-8)16(2,12)13/h4-6H,3H2,1-2H3. The molecule has 0 aliphatic rings. The number of ether oxygens (including phenoxy) is 1. The lowest BCUT2D eigenvalue weighted by Gasteiger charge is -2.00. The first-order chi connectivity index (χ1) is 7.50. The molecule has 0 N–H and O–H groups in total. The SMILES string of the molecule is CCOc1ccc2nc(S(C)(=O)=O)sc2c1. The maximum Gasteiger partial charge on any atom is 0.210 e. The summed E-state index contributed by atoms with van der Waals surface area (Å²) in [6.45, 7) is 2.49. The molecule has 4 nitrogen and oxygen atoms in total. The van der Waals surface area contributed by atoms with Crippen LogP contribution in [0.25, 0.3) is 10.2 Å². The van der Waals surface area contributed by atoms with E-state index < -0.39 is 9.84 Å². The lowest BCUT2D eigenvalue weighted by atomic mass is 10.3. The zero-order valence-electron chi connectivity index (χ0n) is 8.93. The minimum Gasteiger partial charge on any atom is -0.494 e. The Labute approximate surface area is 97.8 Å². The largest absolute Gasteiger partial charge is 0.494 e. The summed E-state index contributed by atoms with van der Waals surface area (Å²) in [7, 11) is -3.22. The van der Waals surface area contributed by atoms with Crippen molar-refractivity contribution in [2.24, 2.45) is 0 Å². The predicted molar refractivity (Wildman–Crippen MR) is 63.9 cm³/mol. The Balaban J connectivity index is 2.54. The van der Waals surface area contributed by atoms with E-state index in [4.69, 9.17) is 4.74 Å². The zero-order chi connectivity index (χ0) is 11.8. The normalized spacial score (nSPS) is 11.9. The number of nitrogens with zero attached hydrogens (tertiary/aromatic N) is 1. The van der Waals surface area contributed by atoms with E-state index in [0.29, 0.717) is 12.1 Å². The average molecular weight is 257 g/mol. The number of aromatic nitrogens is 1. The van der Waals surface area contributed by atoms with Gasteiger partial charge in [-0.05, 0) is 25.1 Å². The molecule has 2 rings (SSSR count). The van der Waals surface area contributed by atoms with E-state index in [9.17, 15) is 8.42 Å². The van der Waals surface area contributed by atoms with Crippen molar-refractivity contribution in [1.29, 1.82) is 0 Å². The highest BCUT2D eigenvalue weighted by Crippen LogP contribution is 2.28. The maximum absolute atomic E-state index is 11.3. The van der Waals surface area contributed by atoms with Crippen LogP contribution in [0.4, 0.5) is 0 Å². The number of sulfone groups is 1. The van der Waals surface area contributed by atoms with Crippen molar-refractivity contribution in [2.75, 3.05) is 12.9 Å². The van der Waals surface area contributed by atoms with Crippen LogP contribution in [0.15, 0.2) is 22.5 Å². The molecule has 0 saturated carbocycles. The van der Waals surface area contributed by atoms with Gasteiger partial charge in [-0.1, -0.05) is 0 Å². The highest BCUT2D eigenvalue weighted by molar-refractivity contribution is 7.92. The van der Waals surface area contributed by atoms with Crippen LogP contribution in [0.5, 0.6) is 5.75 Å². The van der Waals surface area contributed by atoms with Gasteiger partial charge in [0, 0.05) is 6.26 Å². The van der Waals surface area contributed by atoms with Crippen molar-refractivity contribution in [3.63, 3.8) is 0 Å². The number of thiazole rings is 1. The Morgan fingerprint density at radius 3 is 2.81 bits per heavy atom. The van der Waals surface area contributed by atoms with Gasteiger partial charge in [0.2, 0.25) is 14.2 Å². The number of hydrogen-bond donors (Lipinski definition) is 0. The van der Waals surface area contributed by atoms with E-state index >= 15 is 0 Å². The molecule has 1 aromatic heterocycles. The van der Waals surface area contributed by atoms with E-state index in [-0.39, 0.29) is 4.34 Å². The Hall–Kier alpha value is -1.14. The second kappa shape index (κ2) is 4.03. The van der Waals surface area contributed by atoms with Crippen molar-refractivity contribution in [3.8, 4) is 5.75 Å². The van der Waals surface area contributed by atoms with E-state index in [1.807, 2.05) is 13.0 Å². The van der Waals surface area contributed by atoms with E-state index in [1.165, 1.54) is 11.3 Å². The smallest absolute Gasteiger partial charge is 0.210 e. The third-order valence-electron chi connectivity index (χ3n) is 1.97. The molecule has 16 heavy (non-hydrogen) atoms. The van der Waals surface area contributed by atoms with Gasteiger partial charge in [0.05, 0.1) is 16.8 Å². The summed E-state index contributed by atoms with van der Waals surface area (Å²) in [5.41, 5.74) is 0.689. The molecular formula is C10H11NO3S2. The topological polar surface area (TPSA) is 56.3 Å². The second-order valence-electron chi connectivity index (χ2n) is 3.31. The molecule has 0 unspecified atom stereocenters. The van der Waals surface area contributed by atoms with Crippen molar-refractivity contribution in [1.82, 2.24) is 4.98 Å². The highest BCUT2D eigenvalue weighted by atomic mass is 32.2. The van der Waals surface area contributed by atoms with Gasteiger partial charge in [0.1, 0.15) is 5.75 Å². The molecular weight excluding hydrogens is 246 g/mol. The van der Waals surface area contributed by atoms with Crippen LogP contribution in [0.3, 0.4) is 0 Å². The summed E-state index contributed by atoms with van der Waals surface area (Å²) >= 11 is 1.17. The van der Waals surface area contributed by atoms with Gasteiger partial charge in [0.25, 0.3) is 0 Å². The molecule has 0 aliphatic heterocycles. The minimum absolute atomic E-state index is 0.149. The molecule has 6 heteroatoms. The fourth-order valence-electron chi connectivity index (χ4n) is 1.30. The fraction of sp³-hybridized carbons (Fsp3) is 0.300. The summed E-state index contributed by atoms with van der Waals surface area (Å²) in [5.74, 6) is 0.735. The molecule has 2 aromatic rings. The minimum atomic E-state index is -3.22.